The quantitative estimate of drug-likeness (QED) is 0.828. The summed E-state index contributed by atoms with van der Waals surface area (Å²) >= 11 is 0. The molecule has 1 saturated carbocycles. The lowest BCUT2D eigenvalue weighted by molar-refractivity contribution is -0.121. The summed E-state index contributed by atoms with van der Waals surface area (Å²) in [5.41, 5.74) is 1.05. The molecule has 0 aliphatic heterocycles. The van der Waals surface area contributed by atoms with Crippen molar-refractivity contribution in [1.29, 1.82) is 0 Å². The van der Waals surface area contributed by atoms with Crippen LogP contribution in [-0.4, -0.2) is 29.1 Å². The van der Waals surface area contributed by atoms with Crippen molar-refractivity contribution >= 4 is 5.91 Å². The minimum Gasteiger partial charge on any atom is -0.441 e. The van der Waals surface area contributed by atoms with E-state index in [1.165, 1.54) is 18.6 Å². The third-order valence-electron chi connectivity index (χ3n) is 5.22. The Morgan fingerprint density at radius 1 is 1.27 bits per heavy atom. The van der Waals surface area contributed by atoms with E-state index in [2.05, 4.69) is 10.3 Å². The first-order valence-corrected chi connectivity index (χ1v) is 9.11. The Hall–Kier alpha value is -2.21. The van der Waals surface area contributed by atoms with Crippen molar-refractivity contribution < 1.29 is 18.7 Å². The minimum absolute atomic E-state index is 0.102. The molecule has 1 amide bonds. The average Bonchev–Trinajstić information content (AvgIpc) is 3.02. The number of hydrogen-bond acceptors (Lipinski definition) is 4. The highest BCUT2D eigenvalue weighted by molar-refractivity contribution is 5.78. The monoisotopic (exact) mass is 360 g/mol. The van der Waals surface area contributed by atoms with Gasteiger partial charge in [-0.3, -0.25) is 4.79 Å². The topological polar surface area (TPSA) is 75.4 Å². The molecule has 0 bridgehead atoms. The molecular weight excluding hydrogens is 335 g/mol. The van der Waals surface area contributed by atoms with Crippen LogP contribution in [0.5, 0.6) is 0 Å². The maximum atomic E-state index is 13.0. The number of aryl methyl sites for hydroxylation is 1. The molecule has 6 heteroatoms. The van der Waals surface area contributed by atoms with Crippen molar-refractivity contribution in [2.75, 3.05) is 13.2 Å². The molecule has 0 saturated heterocycles. The molecule has 140 valence electrons. The van der Waals surface area contributed by atoms with Gasteiger partial charge >= 0.3 is 0 Å². The summed E-state index contributed by atoms with van der Waals surface area (Å²) in [7, 11) is 0. The Balaban J connectivity index is 1.61. The van der Waals surface area contributed by atoms with E-state index in [4.69, 9.17) is 4.42 Å². The van der Waals surface area contributed by atoms with Gasteiger partial charge < -0.3 is 14.8 Å². The van der Waals surface area contributed by atoms with Crippen molar-refractivity contribution in [3.8, 4) is 11.5 Å². The number of carbonyl (C=O) groups excluding carboxylic acids is 1. The molecule has 3 rings (SSSR count). The van der Waals surface area contributed by atoms with Gasteiger partial charge in [0.05, 0.1) is 18.7 Å². The average molecular weight is 360 g/mol. The molecular formula is C20H25FN2O3. The number of rotatable bonds is 6. The fourth-order valence-electron chi connectivity index (χ4n) is 3.50. The Kier molecular flexibility index (Phi) is 5.71. The second-order valence-corrected chi connectivity index (χ2v) is 7.20. The molecule has 1 heterocycles. The predicted molar refractivity (Wildman–Crippen MR) is 96.0 cm³/mol. The molecule has 1 aliphatic rings. The van der Waals surface area contributed by atoms with Crippen LogP contribution in [0.4, 0.5) is 4.39 Å². The van der Waals surface area contributed by atoms with Crippen molar-refractivity contribution in [3.63, 3.8) is 0 Å². The largest absolute Gasteiger partial charge is 0.441 e. The molecule has 2 aromatic rings. The number of aromatic nitrogens is 1. The molecule has 0 spiro atoms. The van der Waals surface area contributed by atoms with Crippen molar-refractivity contribution in [1.82, 2.24) is 10.3 Å². The molecule has 5 nitrogen and oxygen atoms in total. The highest BCUT2D eigenvalue weighted by Crippen LogP contribution is 2.35. The molecule has 2 N–H and O–H groups in total. The van der Waals surface area contributed by atoms with E-state index < -0.39 is 0 Å². The summed E-state index contributed by atoms with van der Waals surface area (Å²) in [6.07, 6.45) is 5.40. The zero-order chi connectivity index (χ0) is 18.6. The number of hydrogen-bond donors (Lipinski definition) is 2. The fraction of sp³-hybridized carbons (Fsp3) is 0.500. The Morgan fingerprint density at radius 3 is 2.62 bits per heavy atom. The maximum Gasteiger partial charge on any atom is 0.226 e. The third-order valence-corrected chi connectivity index (χ3v) is 5.22. The van der Waals surface area contributed by atoms with Crippen molar-refractivity contribution in [3.05, 3.63) is 41.5 Å². The number of benzene rings is 1. The molecule has 0 radical (unpaired) electrons. The SMILES string of the molecule is Cc1oc(-c2ccc(F)cc2)nc1CC(=O)NCC1(CO)CCCCC1. The molecule has 0 unspecified atom stereocenters. The summed E-state index contributed by atoms with van der Waals surface area (Å²) < 4.78 is 18.7. The van der Waals surface area contributed by atoms with E-state index in [0.717, 1.165) is 25.7 Å². The number of aliphatic hydroxyl groups excluding tert-OH is 1. The first kappa shape index (κ1) is 18.6. The van der Waals surface area contributed by atoms with E-state index in [0.29, 0.717) is 29.5 Å². The highest BCUT2D eigenvalue weighted by atomic mass is 19.1. The van der Waals surface area contributed by atoms with E-state index in [1.54, 1.807) is 19.1 Å². The number of amides is 1. The standard InChI is InChI=1S/C20H25FN2O3/c1-14-17(23-19(26-14)15-5-7-16(21)8-6-15)11-18(25)22-12-20(13-24)9-3-2-4-10-20/h5-8,24H,2-4,9-13H2,1H3,(H,22,25). The van der Waals surface area contributed by atoms with Gasteiger partial charge in [0.1, 0.15) is 11.6 Å². The highest BCUT2D eigenvalue weighted by Gasteiger charge is 2.31. The van der Waals surface area contributed by atoms with E-state index in [-0.39, 0.29) is 30.2 Å². The Bertz CT molecular complexity index is 749. The van der Waals surface area contributed by atoms with E-state index in [1.807, 2.05) is 0 Å². The summed E-state index contributed by atoms with van der Waals surface area (Å²) in [6, 6.07) is 5.89. The van der Waals surface area contributed by atoms with Gasteiger partial charge in [0.15, 0.2) is 0 Å². The second kappa shape index (κ2) is 7.99. The van der Waals surface area contributed by atoms with Crippen LogP contribution in [0.3, 0.4) is 0 Å². The summed E-state index contributed by atoms with van der Waals surface area (Å²) in [5, 5.41) is 12.7. The zero-order valence-corrected chi connectivity index (χ0v) is 15.1. The smallest absolute Gasteiger partial charge is 0.226 e. The van der Waals surface area contributed by atoms with Gasteiger partial charge in [-0.2, -0.15) is 0 Å². The number of aliphatic hydroxyl groups is 1. The van der Waals surface area contributed by atoms with Gasteiger partial charge in [0, 0.05) is 17.5 Å². The van der Waals surface area contributed by atoms with Crippen LogP contribution in [-0.2, 0) is 11.2 Å². The molecule has 1 aliphatic carbocycles. The van der Waals surface area contributed by atoms with Crippen LogP contribution in [0.25, 0.3) is 11.5 Å². The Labute approximate surface area is 152 Å². The van der Waals surface area contributed by atoms with Crippen molar-refractivity contribution in [2.24, 2.45) is 5.41 Å². The number of carbonyl (C=O) groups is 1. The van der Waals surface area contributed by atoms with Crippen LogP contribution in [0.2, 0.25) is 0 Å². The van der Waals surface area contributed by atoms with E-state index in [9.17, 15) is 14.3 Å². The zero-order valence-electron chi connectivity index (χ0n) is 15.1. The normalized spacial score (nSPS) is 16.4. The molecule has 1 aromatic carbocycles. The van der Waals surface area contributed by atoms with Crippen LogP contribution >= 0.6 is 0 Å². The van der Waals surface area contributed by atoms with Gasteiger partial charge in [-0.15, -0.1) is 0 Å². The lowest BCUT2D eigenvalue weighted by atomic mass is 9.74. The lowest BCUT2D eigenvalue weighted by Gasteiger charge is -2.35. The summed E-state index contributed by atoms with van der Waals surface area (Å²) in [4.78, 5) is 16.7. The molecule has 26 heavy (non-hydrogen) atoms. The maximum absolute atomic E-state index is 13.0. The second-order valence-electron chi connectivity index (χ2n) is 7.20. The predicted octanol–water partition coefficient (Wildman–Crippen LogP) is 3.39. The van der Waals surface area contributed by atoms with Crippen LogP contribution in [0.15, 0.2) is 28.7 Å². The van der Waals surface area contributed by atoms with Gasteiger partial charge in [0.2, 0.25) is 11.8 Å². The van der Waals surface area contributed by atoms with Gasteiger partial charge in [-0.25, -0.2) is 9.37 Å². The molecule has 0 atom stereocenters. The van der Waals surface area contributed by atoms with E-state index >= 15 is 0 Å². The van der Waals surface area contributed by atoms with Gasteiger partial charge in [-0.1, -0.05) is 19.3 Å². The number of oxazole rings is 1. The first-order chi connectivity index (χ1) is 12.5. The van der Waals surface area contributed by atoms with Gasteiger partial charge in [0.25, 0.3) is 0 Å². The molecule has 1 fully saturated rings. The minimum atomic E-state index is -0.322. The van der Waals surface area contributed by atoms with Crippen molar-refractivity contribution in [2.45, 2.75) is 45.4 Å². The van der Waals surface area contributed by atoms with Crippen LogP contribution in [0, 0.1) is 18.2 Å². The lowest BCUT2D eigenvalue weighted by Crippen LogP contribution is -2.41. The van der Waals surface area contributed by atoms with Gasteiger partial charge in [-0.05, 0) is 44.0 Å². The molecule has 1 aromatic heterocycles. The van der Waals surface area contributed by atoms with Crippen LogP contribution in [0.1, 0.15) is 43.6 Å². The number of halogens is 1. The number of nitrogens with one attached hydrogen (secondary N) is 1. The fourth-order valence-corrected chi connectivity index (χ4v) is 3.50. The summed E-state index contributed by atoms with van der Waals surface area (Å²) in [5.74, 6) is 0.501. The summed E-state index contributed by atoms with van der Waals surface area (Å²) in [6.45, 7) is 2.36. The third kappa shape index (κ3) is 4.30. The Morgan fingerprint density at radius 2 is 1.96 bits per heavy atom. The first-order valence-electron chi connectivity index (χ1n) is 9.11. The number of nitrogens with zero attached hydrogens (tertiary/aromatic N) is 1. The van der Waals surface area contributed by atoms with Crippen LogP contribution < -0.4 is 5.32 Å².